The van der Waals surface area contributed by atoms with E-state index >= 15 is 0 Å². The molecule has 0 spiro atoms. The Balaban J connectivity index is 1.70. The molecule has 0 aliphatic carbocycles. The molecular weight excluding hydrogens is 422 g/mol. The summed E-state index contributed by atoms with van der Waals surface area (Å²) in [5, 5.41) is 2.70. The van der Waals surface area contributed by atoms with Crippen LogP contribution in [0.1, 0.15) is 23.2 Å². The summed E-state index contributed by atoms with van der Waals surface area (Å²) in [4.78, 5) is 35.1. The number of nitrogens with one attached hydrogen (secondary N) is 1. The van der Waals surface area contributed by atoms with Crippen molar-refractivity contribution in [2.24, 2.45) is 11.7 Å². The van der Waals surface area contributed by atoms with Crippen LogP contribution in [0.15, 0.2) is 47.5 Å². The Labute approximate surface area is 181 Å². The van der Waals surface area contributed by atoms with Gasteiger partial charge in [-0.25, -0.2) is 13.4 Å². The number of primary amides is 1. The lowest BCUT2D eigenvalue weighted by Crippen LogP contribution is -2.41. The second kappa shape index (κ2) is 9.41. The average Bonchev–Trinajstić information content (AvgIpc) is 2.79. The van der Waals surface area contributed by atoms with E-state index in [0.29, 0.717) is 18.1 Å². The Morgan fingerprint density at radius 2 is 2.06 bits per heavy atom. The van der Waals surface area contributed by atoms with Crippen molar-refractivity contribution in [2.45, 2.75) is 17.7 Å². The van der Waals surface area contributed by atoms with Crippen LogP contribution in [-0.2, 0) is 19.7 Å². The van der Waals surface area contributed by atoms with Crippen LogP contribution in [0.3, 0.4) is 0 Å². The lowest BCUT2D eigenvalue weighted by molar-refractivity contribution is -0.122. The number of carbonyl (C=O) groups excluding carboxylic acids is 2. The molecule has 3 N–H and O–H groups in total. The normalized spacial score (nSPS) is 16.9. The van der Waals surface area contributed by atoms with E-state index < -0.39 is 15.9 Å². The van der Waals surface area contributed by atoms with Crippen molar-refractivity contribution in [1.29, 1.82) is 0 Å². The van der Waals surface area contributed by atoms with E-state index in [4.69, 9.17) is 10.6 Å². The SMILES string of the molecule is CON(C)S(=O)(=O)c1cccc(C(=O)Nc2ccc(N3CCCC(C(N)=O)C3)nc2)c1. The molecule has 2 amide bonds. The molecule has 1 saturated heterocycles. The number of hydrogen-bond donors (Lipinski definition) is 2. The van der Waals surface area contributed by atoms with E-state index in [2.05, 4.69) is 10.3 Å². The molecule has 0 radical (unpaired) electrons. The predicted octanol–water partition coefficient (Wildman–Crippen LogP) is 1.22. The largest absolute Gasteiger partial charge is 0.369 e. The van der Waals surface area contributed by atoms with Crippen molar-refractivity contribution in [2.75, 3.05) is 37.5 Å². The molecule has 11 heteroatoms. The van der Waals surface area contributed by atoms with Crippen LogP contribution in [0.5, 0.6) is 0 Å². The minimum Gasteiger partial charge on any atom is -0.369 e. The number of benzene rings is 1. The summed E-state index contributed by atoms with van der Waals surface area (Å²) in [7, 11) is -1.36. The minimum absolute atomic E-state index is 0.0629. The summed E-state index contributed by atoms with van der Waals surface area (Å²) in [6, 6.07) is 9.12. The van der Waals surface area contributed by atoms with E-state index in [0.717, 1.165) is 23.9 Å². The Hall–Kier alpha value is -3.02. The van der Waals surface area contributed by atoms with Gasteiger partial charge >= 0.3 is 0 Å². The van der Waals surface area contributed by atoms with Crippen LogP contribution < -0.4 is 16.0 Å². The Kier molecular flexibility index (Phi) is 6.88. The molecule has 1 unspecified atom stereocenters. The van der Waals surface area contributed by atoms with Crippen LogP contribution in [0.2, 0.25) is 0 Å². The summed E-state index contributed by atoms with van der Waals surface area (Å²) >= 11 is 0. The van der Waals surface area contributed by atoms with Crippen molar-refractivity contribution >= 4 is 33.3 Å². The van der Waals surface area contributed by atoms with Crippen molar-refractivity contribution in [3.05, 3.63) is 48.2 Å². The van der Waals surface area contributed by atoms with Crippen LogP contribution in [0.4, 0.5) is 11.5 Å². The zero-order valence-corrected chi connectivity index (χ0v) is 18.1. The lowest BCUT2D eigenvalue weighted by Gasteiger charge is -2.32. The van der Waals surface area contributed by atoms with Gasteiger partial charge < -0.3 is 16.0 Å². The molecular formula is C20H25N5O5S. The van der Waals surface area contributed by atoms with Gasteiger partial charge in [0.2, 0.25) is 5.91 Å². The van der Waals surface area contributed by atoms with Gasteiger partial charge in [-0.2, -0.15) is 0 Å². The topological polar surface area (TPSA) is 135 Å². The summed E-state index contributed by atoms with van der Waals surface area (Å²) in [6.45, 7) is 1.30. The van der Waals surface area contributed by atoms with Crippen molar-refractivity contribution in [3.8, 4) is 0 Å². The number of aromatic nitrogens is 1. The summed E-state index contributed by atoms with van der Waals surface area (Å²) < 4.78 is 25.5. The first-order valence-corrected chi connectivity index (χ1v) is 11.1. The molecule has 2 heterocycles. The molecule has 1 aliphatic rings. The molecule has 1 aromatic carbocycles. The number of hydroxylamine groups is 1. The highest BCUT2D eigenvalue weighted by molar-refractivity contribution is 7.89. The van der Waals surface area contributed by atoms with Crippen LogP contribution in [0.25, 0.3) is 0 Å². The number of sulfonamides is 1. The third-order valence-electron chi connectivity index (χ3n) is 5.14. The van der Waals surface area contributed by atoms with E-state index in [1.54, 1.807) is 12.1 Å². The molecule has 166 valence electrons. The van der Waals surface area contributed by atoms with Crippen LogP contribution in [-0.4, -0.2) is 56.9 Å². The molecule has 1 atom stereocenters. The third kappa shape index (κ3) is 5.19. The molecule has 1 aromatic heterocycles. The second-order valence-corrected chi connectivity index (χ2v) is 9.11. The van der Waals surface area contributed by atoms with Gasteiger partial charge in [0.15, 0.2) is 0 Å². The number of carbonyl (C=O) groups is 2. The maximum atomic E-state index is 12.6. The number of anilines is 2. The minimum atomic E-state index is -3.87. The average molecular weight is 448 g/mol. The molecule has 0 saturated carbocycles. The Morgan fingerprint density at radius 3 is 2.71 bits per heavy atom. The molecule has 1 fully saturated rings. The number of amides is 2. The van der Waals surface area contributed by atoms with Crippen molar-refractivity contribution < 1.29 is 22.8 Å². The van der Waals surface area contributed by atoms with Crippen molar-refractivity contribution in [3.63, 3.8) is 0 Å². The first-order valence-electron chi connectivity index (χ1n) is 9.67. The zero-order valence-electron chi connectivity index (χ0n) is 17.3. The fourth-order valence-electron chi connectivity index (χ4n) is 3.31. The van der Waals surface area contributed by atoms with Gasteiger partial charge in [-0.15, -0.1) is 0 Å². The van der Waals surface area contributed by atoms with Gasteiger partial charge in [0.05, 0.1) is 29.8 Å². The zero-order chi connectivity index (χ0) is 22.6. The van der Waals surface area contributed by atoms with Gasteiger partial charge in [-0.05, 0) is 43.2 Å². The highest BCUT2D eigenvalue weighted by Gasteiger charge is 2.25. The van der Waals surface area contributed by atoms with Crippen LogP contribution >= 0.6 is 0 Å². The number of rotatable bonds is 7. The molecule has 3 rings (SSSR count). The summed E-state index contributed by atoms with van der Waals surface area (Å²) in [5.74, 6) is -0.289. The monoisotopic (exact) mass is 447 g/mol. The lowest BCUT2D eigenvalue weighted by atomic mass is 9.97. The van der Waals surface area contributed by atoms with E-state index in [1.807, 2.05) is 4.90 Å². The fourth-order valence-corrected chi connectivity index (χ4v) is 4.33. The number of nitrogens with two attached hydrogens (primary N) is 1. The molecule has 10 nitrogen and oxygen atoms in total. The smallest absolute Gasteiger partial charge is 0.264 e. The Morgan fingerprint density at radius 1 is 1.29 bits per heavy atom. The van der Waals surface area contributed by atoms with Gasteiger partial charge in [0, 0.05) is 25.7 Å². The van der Waals surface area contributed by atoms with Gasteiger partial charge in [-0.3, -0.25) is 14.4 Å². The van der Waals surface area contributed by atoms with Crippen molar-refractivity contribution in [1.82, 2.24) is 9.45 Å². The standard InChI is InChI=1S/C20H25N5O5S/c1-24(30-2)31(28,29)17-7-3-5-14(11-17)20(27)23-16-8-9-18(22-12-16)25-10-4-6-15(13-25)19(21)26/h3,5,7-9,11-12,15H,4,6,10,13H2,1-2H3,(H2,21,26)(H,23,27). The van der Waals surface area contributed by atoms with E-state index in [1.165, 1.54) is 44.6 Å². The second-order valence-electron chi connectivity index (χ2n) is 7.17. The maximum absolute atomic E-state index is 12.6. The first-order chi connectivity index (χ1) is 14.7. The molecule has 0 bridgehead atoms. The van der Waals surface area contributed by atoms with Gasteiger partial charge in [0.1, 0.15) is 5.82 Å². The number of pyridine rings is 1. The number of hydrogen-bond acceptors (Lipinski definition) is 7. The maximum Gasteiger partial charge on any atom is 0.264 e. The molecule has 31 heavy (non-hydrogen) atoms. The number of piperidine rings is 1. The molecule has 2 aromatic rings. The summed E-state index contributed by atoms with van der Waals surface area (Å²) in [5.41, 5.74) is 6.06. The fraction of sp³-hybridized carbons (Fsp3) is 0.350. The Bertz CT molecular complexity index is 1060. The highest BCUT2D eigenvalue weighted by Crippen LogP contribution is 2.23. The van der Waals surface area contributed by atoms with Gasteiger partial charge in [0.25, 0.3) is 15.9 Å². The highest BCUT2D eigenvalue weighted by atomic mass is 32.2. The quantitative estimate of drug-likeness (QED) is 0.609. The molecule has 1 aliphatic heterocycles. The summed E-state index contributed by atoms with van der Waals surface area (Å²) in [6.07, 6.45) is 3.14. The van der Waals surface area contributed by atoms with E-state index in [-0.39, 0.29) is 22.3 Å². The van der Waals surface area contributed by atoms with Gasteiger partial charge in [-0.1, -0.05) is 10.5 Å². The van der Waals surface area contributed by atoms with E-state index in [9.17, 15) is 18.0 Å². The number of nitrogens with zero attached hydrogens (tertiary/aromatic N) is 3. The first kappa shape index (κ1) is 22.7. The third-order valence-corrected chi connectivity index (χ3v) is 6.82. The predicted molar refractivity (Wildman–Crippen MR) is 115 cm³/mol. The van der Waals surface area contributed by atoms with Crippen LogP contribution in [0, 0.1) is 5.92 Å².